The van der Waals surface area contributed by atoms with Crippen LogP contribution in [-0.4, -0.2) is 11.7 Å². The summed E-state index contributed by atoms with van der Waals surface area (Å²) in [7, 11) is 0. The Labute approximate surface area is 101 Å². The van der Waals surface area contributed by atoms with Crippen molar-refractivity contribution in [1.82, 2.24) is 0 Å². The Morgan fingerprint density at radius 2 is 1.62 bits per heavy atom. The minimum absolute atomic E-state index is 0.160. The molecular formula is C15H26O. The van der Waals surface area contributed by atoms with E-state index < -0.39 is 0 Å². The summed E-state index contributed by atoms with van der Waals surface area (Å²) in [6.07, 6.45) is 9.85. The van der Waals surface area contributed by atoms with E-state index in [1.807, 2.05) is 6.08 Å². The van der Waals surface area contributed by atoms with Gasteiger partial charge in [0.05, 0.1) is 6.61 Å². The first-order valence-corrected chi connectivity index (χ1v) is 6.12. The van der Waals surface area contributed by atoms with Gasteiger partial charge in [-0.25, -0.2) is 0 Å². The molecule has 0 saturated carbocycles. The summed E-state index contributed by atoms with van der Waals surface area (Å²) >= 11 is 0. The number of allylic oxidation sites excluding steroid dienone is 4. The molecule has 1 N–H and O–H groups in total. The van der Waals surface area contributed by atoms with E-state index in [-0.39, 0.29) is 6.61 Å². The lowest BCUT2D eigenvalue weighted by molar-refractivity contribution is 0.341. The average Bonchev–Trinajstić information content (AvgIpc) is 2.17. The van der Waals surface area contributed by atoms with Gasteiger partial charge in [-0.05, 0) is 52.9 Å². The van der Waals surface area contributed by atoms with Gasteiger partial charge in [-0.15, -0.1) is 6.58 Å². The van der Waals surface area contributed by atoms with Crippen LogP contribution in [0.3, 0.4) is 0 Å². The van der Waals surface area contributed by atoms with E-state index in [0.717, 1.165) is 19.3 Å². The molecule has 0 aliphatic carbocycles. The van der Waals surface area contributed by atoms with Gasteiger partial charge in [-0.1, -0.05) is 28.9 Å². The lowest BCUT2D eigenvalue weighted by atomic mass is 10.0. The molecular weight excluding hydrogens is 196 g/mol. The lowest BCUT2D eigenvalue weighted by Crippen LogP contribution is -1.83. The Bertz CT molecular complexity index is 259. The van der Waals surface area contributed by atoms with Crippen LogP contribution in [0.5, 0.6) is 0 Å². The van der Waals surface area contributed by atoms with Crippen molar-refractivity contribution in [1.29, 1.82) is 0 Å². The van der Waals surface area contributed by atoms with E-state index in [0.29, 0.717) is 0 Å². The molecule has 0 aromatic carbocycles. The summed E-state index contributed by atoms with van der Waals surface area (Å²) in [6.45, 7) is 10.4. The Morgan fingerprint density at radius 1 is 1.00 bits per heavy atom. The second-order valence-corrected chi connectivity index (χ2v) is 4.63. The van der Waals surface area contributed by atoms with Crippen LogP contribution in [0.25, 0.3) is 0 Å². The number of hydrogen-bond donors (Lipinski definition) is 1. The average molecular weight is 222 g/mol. The maximum absolute atomic E-state index is 8.71. The van der Waals surface area contributed by atoms with Crippen molar-refractivity contribution >= 4 is 0 Å². The minimum Gasteiger partial charge on any atom is -0.392 e. The molecule has 0 bridgehead atoms. The Balaban J connectivity index is 3.70. The fraction of sp³-hybridized carbons (Fsp3) is 0.600. The van der Waals surface area contributed by atoms with E-state index >= 15 is 0 Å². The summed E-state index contributed by atoms with van der Waals surface area (Å²) in [5.74, 6) is 0. The van der Waals surface area contributed by atoms with Crippen molar-refractivity contribution in [3.8, 4) is 0 Å². The standard InChI is InChI=1S/C15H26O/c1-13(2)7-5-8-14(3)9-6-10-15(4)11-12-16/h9,11,16H,1,5-8,10,12H2,2-4H3. The number of hydrogen-bond acceptors (Lipinski definition) is 1. The zero-order valence-electron chi connectivity index (χ0n) is 11.1. The van der Waals surface area contributed by atoms with Gasteiger partial charge in [0.15, 0.2) is 0 Å². The molecule has 92 valence electrons. The second kappa shape index (κ2) is 9.41. The normalized spacial score (nSPS) is 13.0. The van der Waals surface area contributed by atoms with Crippen LogP contribution in [0.4, 0.5) is 0 Å². The first-order chi connectivity index (χ1) is 7.56. The number of aliphatic hydroxyl groups is 1. The van der Waals surface area contributed by atoms with E-state index in [2.05, 4.69) is 33.4 Å². The quantitative estimate of drug-likeness (QED) is 0.604. The molecule has 0 fully saturated rings. The van der Waals surface area contributed by atoms with Gasteiger partial charge < -0.3 is 5.11 Å². The number of aliphatic hydroxyl groups excluding tert-OH is 1. The molecule has 16 heavy (non-hydrogen) atoms. The summed E-state index contributed by atoms with van der Waals surface area (Å²) < 4.78 is 0. The van der Waals surface area contributed by atoms with Gasteiger partial charge in [0, 0.05) is 0 Å². The predicted octanol–water partition coefficient (Wildman–Crippen LogP) is 4.40. The fourth-order valence-corrected chi connectivity index (χ4v) is 1.58. The smallest absolute Gasteiger partial charge is 0.0614 e. The fourth-order valence-electron chi connectivity index (χ4n) is 1.58. The Morgan fingerprint density at radius 3 is 2.19 bits per heavy atom. The molecule has 0 aliphatic heterocycles. The van der Waals surface area contributed by atoms with Gasteiger partial charge in [0.1, 0.15) is 0 Å². The van der Waals surface area contributed by atoms with Gasteiger partial charge in [-0.2, -0.15) is 0 Å². The molecule has 1 heteroatoms. The lowest BCUT2D eigenvalue weighted by Gasteiger charge is -2.02. The molecule has 0 atom stereocenters. The zero-order valence-corrected chi connectivity index (χ0v) is 11.1. The highest BCUT2D eigenvalue weighted by Gasteiger charge is 1.93. The van der Waals surface area contributed by atoms with E-state index in [9.17, 15) is 0 Å². The first kappa shape index (κ1) is 15.2. The van der Waals surface area contributed by atoms with Gasteiger partial charge in [-0.3, -0.25) is 0 Å². The molecule has 0 heterocycles. The largest absolute Gasteiger partial charge is 0.392 e. The molecule has 0 unspecified atom stereocenters. The van der Waals surface area contributed by atoms with Crippen LogP contribution < -0.4 is 0 Å². The zero-order chi connectivity index (χ0) is 12.4. The van der Waals surface area contributed by atoms with Crippen molar-refractivity contribution < 1.29 is 5.11 Å². The molecule has 0 aromatic rings. The first-order valence-electron chi connectivity index (χ1n) is 6.12. The molecule has 0 aliphatic rings. The molecule has 0 saturated heterocycles. The van der Waals surface area contributed by atoms with Crippen LogP contribution in [0.15, 0.2) is 35.5 Å². The van der Waals surface area contributed by atoms with Gasteiger partial charge in [0.2, 0.25) is 0 Å². The van der Waals surface area contributed by atoms with Crippen molar-refractivity contribution in [2.45, 2.75) is 52.9 Å². The summed E-state index contributed by atoms with van der Waals surface area (Å²) in [4.78, 5) is 0. The SMILES string of the molecule is C=C(C)CCCC(C)=CCCC(C)=CCO. The second-order valence-electron chi connectivity index (χ2n) is 4.63. The van der Waals surface area contributed by atoms with E-state index in [1.54, 1.807) is 0 Å². The molecule has 0 amide bonds. The van der Waals surface area contributed by atoms with Crippen LogP contribution in [0, 0.1) is 0 Å². The monoisotopic (exact) mass is 222 g/mol. The highest BCUT2D eigenvalue weighted by molar-refractivity contribution is 5.04. The van der Waals surface area contributed by atoms with Crippen LogP contribution in [0.1, 0.15) is 52.9 Å². The predicted molar refractivity (Wildman–Crippen MR) is 72.5 cm³/mol. The van der Waals surface area contributed by atoms with Crippen LogP contribution in [0.2, 0.25) is 0 Å². The van der Waals surface area contributed by atoms with Crippen molar-refractivity contribution in [3.05, 3.63) is 35.5 Å². The third-order valence-corrected chi connectivity index (χ3v) is 2.65. The van der Waals surface area contributed by atoms with Gasteiger partial charge >= 0.3 is 0 Å². The third kappa shape index (κ3) is 9.72. The highest BCUT2D eigenvalue weighted by atomic mass is 16.2. The van der Waals surface area contributed by atoms with E-state index in [4.69, 9.17) is 5.11 Å². The molecule has 0 rings (SSSR count). The van der Waals surface area contributed by atoms with Crippen molar-refractivity contribution in [2.24, 2.45) is 0 Å². The van der Waals surface area contributed by atoms with Crippen LogP contribution in [-0.2, 0) is 0 Å². The van der Waals surface area contributed by atoms with Crippen molar-refractivity contribution in [3.63, 3.8) is 0 Å². The molecule has 1 nitrogen and oxygen atoms in total. The molecule has 0 spiro atoms. The Kier molecular flexibility index (Phi) is 8.93. The van der Waals surface area contributed by atoms with Crippen molar-refractivity contribution in [2.75, 3.05) is 6.61 Å². The minimum atomic E-state index is 0.160. The highest BCUT2D eigenvalue weighted by Crippen LogP contribution is 2.12. The maximum Gasteiger partial charge on any atom is 0.0614 e. The summed E-state index contributed by atoms with van der Waals surface area (Å²) in [6, 6.07) is 0. The maximum atomic E-state index is 8.71. The van der Waals surface area contributed by atoms with E-state index in [1.165, 1.54) is 29.6 Å². The van der Waals surface area contributed by atoms with Gasteiger partial charge in [0.25, 0.3) is 0 Å². The molecule has 0 radical (unpaired) electrons. The van der Waals surface area contributed by atoms with Crippen LogP contribution >= 0.6 is 0 Å². The third-order valence-electron chi connectivity index (χ3n) is 2.65. The Hall–Kier alpha value is -0.820. The topological polar surface area (TPSA) is 20.2 Å². The summed E-state index contributed by atoms with van der Waals surface area (Å²) in [5.41, 5.74) is 4.01. The molecule has 0 aromatic heterocycles. The number of rotatable bonds is 8. The summed E-state index contributed by atoms with van der Waals surface area (Å²) in [5, 5.41) is 8.71.